The van der Waals surface area contributed by atoms with Gasteiger partial charge in [-0.1, -0.05) is 42.5 Å². The van der Waals surface area contributed by atoms with Crippen LogP contribution in [-0.4, -0.2) is 81.7 Å². The van der Waals surface area contributed by atoms with Gasteiger partial charge in [0.25, 0.3) is 10.0 Å². The molecule has 1 aliphatic rings. The number of piperazine rings is 1. The fourth-order valence-corrected chi connectivity index (χ4v) is 6.22. The lowest BCUT2D eigenvalue weighted by Gasteiger charge is -2.34. The molecule has 236 valence electrons. The molecule has 10 heteroatoms. The van der Waals surface area contributed by atoms with Crippen LogP contribution in [0.25, 0.3) is 21.9 Å². The maximum atomic E-state index is 13.3. The number of hydrogen-bond donors (Lipinski definition) is 3. The number of allylic oxidation sites excluding steroid dienone is 4. The van der Waals surface area contributed by atoms with Gasteiger partial charge in [0.2, 0.25) is 0 Å². The highest BCUT2D eigenvalue weighted by molar-refractivity contribution is 7.96. The van der Waals surface area contributed by atoms with E-state index in [1.54, 1.807) is 25.1 Å². The monoisotopic (exact) mass is 620 g/mol. The predicted octanol–water partition coefficient (Wildman–Crippen LogP) is 5.44. The first kappa shape index (κ1) is 33.2. The summed E-state index contributed by atoms with van der Waals surface area (Å²) in [4.78, 5) is 16.9. The van der Waals surface area contributed by atoms with Crippen LogP contribution < -0.4 is 10.5 Å². The molecule has 0 atom stereocenters. The third-order valence-electron chi connectivity index (χ3n) is 8.02. The Kier molecular flexibility index (Phi) is 11.6. The average molecular weight is 621 g/mol. The van der Waals surface area contributed by atoms with Gasteiger partial charge in [-0.2, -0.15) is 0 Å². The van der Waals surface area contributed by atoms with Crippen molar-refractivity contribution in [1.82, 2.24) is 9.80 Å². The number of ether oxygens (including phenoxy) is 1. The molecule has 0 amide bonds. The van der Waals surface area contributed by atoms with E-state index in [1.165, 1.54) is 19.1 Å². The first-order chi connectivity index (χ1) is 21.1. The van der Waals surface area contributed by atoms with E-state index in [9.17, 15) is 18.3 Å². The van der Waals surface area contributed by atoms with Gasteiger partial charge in [0.15, 0.2) is 0 Å². The summed E-state index contributed by atoms with van der Waals surface area (Å²) in [7, 11) is -4.03. The molecule has 3 aromatic carbocycles. The highest BCUT2D eigenvalue weighted by Gasteiger charge is 2.20. The first-order valence-electron chi connectivity index (χ1n) is 15.1. The second-order valence-electron chi connectivity index (χ2n) is 11.2. The summed E-state index contributed by atoms with van der Waals surface area (Å²) in [6.45, 7) is 12.8. The molecule has 1 aliphatic heterocycles. The molecule has 0 aliphatic carbocycles. The molecule has 0 saturated carbocycles. The Bertz CT molecular complexity index is 1630. The Morgan fingerprint density at radius 1 is 0.955 bits per heavy atom. The molecule has 1 saturated heterocycles. The van der Waals surface area contributed by atoms with E-state index in [0.29, 0.717) is 17.9 Å². The van der Waals surface area contributed by atoms with E-state index < -0.39 is 16.0 Å². The summed E-state index contributed by atoms with van der Waals surface area (Å²) < 4.78 is 34.8. The number of benzene rings is 3. The summed E-state index contributed by atoms with van der Waals surface area (Å²) >= 11 is 0. The van der Waals surface area contributed by atoms with Crippen molar-refractivity contribution in [3.05, 3.63) is 88.5 Å². The minimum absolute atomic E-state index is 0.00423. The number of aryl methyl sites for hydroxylation is 1. The van der Waals surface area contributed by atoms with Crippen LogP contribution in [0.3, 0.4) is 0 Å². The molecule has 3 aromatic rings. The van der Waals surface area contributed by atoms with E-state index in [0.717, 1.165) is 80.6 Å². The number of carboxylic acids is 1. The Labute approximate surface area is 261 Å². The number of carbonyl (C=O) groups is 1. The van der Waals surface area contributed by atoms with Gasteiger partial charge in [0.05, 0.1) is 28.5 Å². The van der Waals surface area contributed by atoms with Gasteiger partial charge in [-0.3, -0.25) is 4.72 Å². The van der Waals surface area contributed by atoms with Crippen molar-refractivity contribution in [1.29, 1.82) is 0 Å². The van der Waals surface area contributed by atoms with Crippen LogP contribution in [0, 0.1) is 6.92 Å². The maximum Gasteiger partial charge on any atom is 0.337 e. The second-order valence-corrected chi connectivity index (χ2v) is 13.1. The van der Waals surface area contributed by atoms with Crippen molar-refractivity contribution in [3.8, 4) is 11.1 Å². The Morgan fingerprint density at radius 3 is 2.27 bits per heavy atom. The van der Waals surface area contributed by atoms with Crippen molar-refractivity contribution in [2.75, 3.05) is 57.1 Å². The number of aromatic carboxylic acids is 1. The molecular weight excluding hydrogens is 576 g/mol. The summed E-state index contributed by atoms with van der Waals surface area (Å²) in [6.07, 6.45) is 5.00. The minimum atomic E-state index is -4.03. The molecule has 0 unspecified atom stereocenters. The van der Waals surface area contributed by atoms with Crippen molar-refractivity contribution in [2.45, 2.75) is 33.6 Å². The number of hydrogen-bond acceptors (Lipinski definition) is 7. The van der Waals surface area contributed by atoms with Gasteiger partial charge >= 0.3 is 5.97 Å². The molecule has 4 N–H and O–H groups in total. The van der Waals surface area contributed by atoms with Gasteiger partial charge < -0.3 is 25.4 Å². The van der Waals surface area contributed by atoms with E-state index in [1.807, 2.05) is 43.3 Å². The van der Waals surface area contributed by atoms with E-state index >= 15 is 0 Å². The highest BCUT2D eigenvalue weighted by atomic mass is 32.2. The van der Waals surface area contributed by atoms with Crippen LogP contribution in [0.1, 0.15) is 42.6 Å². The number of carboxylic acid groups (broad SMARTS) is 1. The number of nitrogens with zero attached hydrogens (tertiary/aromatic N) is 2. The van der Waals surface area contributed by atoms with Crippen molar-refractivity contribution in [2.24, 2.45) is 5.73 Å². The van der Waals surface area contributed by atoms with Gasteiger partial charge in [0.1, 0.15) is 0 Å². The topological polar surface area (TPSA) is 125 Å². The van der Waals surface area contributed by atoms with Crippen LogP contribution in [-0.2, 0) is 14.8 Å². The smallest absolute Gasteiger partial charge is 0.337 e. The third-order valence-corrected chi connectivity index (χ3v) is 9.49. The molecule has 9 nitrogen and oxygen atoms in total. The van der Waals surface area contributed by atoms with Gasteiger partial charge in [-0.15, -0.1) is 0 Å². The summed E-state index contributed by atoms with van der Waals surface area (Å²) in [6, 6.07) is 16.6. The second kappa shape index (κ2) is 15.3. The Hall–Kier alpha value is -3.70. The number of nitrogens with one attached hydrogen (secondary N) is 1. The number of anilines is 1. The Morgan fingerprint density at radius 2 is 1.61 bits per heavy atom. The SMILES string of the molecule is C/C(=C\C=C(/C)S(=O)(=O)Nc1cc(-c2ccc(C)c3ccccc23)ccc1C(=O)O)OCCCN1CCN(CCCN)CC1. The zero-order valence-electron chi connectivity index (χ0n) is 25.9. The first-order valence-corrected chi connectivity index (χ1v) is 16.6. The summed E-state index contributed by atoms with van der Waals surface area (Å²) in [5.74, 6) is -0.618. The zero-order chi connectivity index (χ0) is 31.7. The van der Waals surface area contributed by atoms with Crippen molar-refractivity contribution >= 4 is 32.5 Å². The van der Waals surface area contributed by atoms with Crippen LogP contribution >= 0.6 is 0 Å². The number of fused-ring (bicyclic) bond motifs is 1. The molecule has 0 radical (unpaired) electrons. The van der Waals surface area contributed by atoms with Crippen LogP contribution in [0.15, 0.2) is 77.4 Å². The number of sulfonamides is 1. The predicted molar refractivity (Wildman–Crippen MR) is 178 cm³/mol. The maximum absolute atomic E-state index is 13.3. The van der Waals surface area contributed by atoms with E-state index in [4.69, 9.17) is 10.5 Å². The largest absolute Gasteiger partial charge is 0.498 e. The van der Waals surface area contributed by atoms with Gasteiger partial charge in [-0.05, 0) is 98.4 Å². The zero-order valence-corrected chi connectivity index (χ0v) is 26.7. The molecule has 4 rings (SSSR count). The van der Waals surface area contributed by atoms with Crippen LogP contribution in [0.5, 0.6) is 0 Å². The molecular formula is C34H44N4O5S. The quantitative estimate of drug-likeness (QED) is 0.124. The lowest BCUT2D eigenvalue weighted by molar-refractivity contribution is 0.0698. The molecule has 44 heavy (non-hydrogen) atoms. The fourth-order valence-electron chi connectivity index (χ4n) is 5.35. The Balaban J connectivity index is 1.39. The molecule has 0 aromatic heterocycles. The lowest BCUT2D eigenvalue weighted by Crippen LogP contribution is -2.47. The number of nitrogens with two attached hydrogens (primary N) is 1. The summed E-state index contributed by atoms with van der Waals surface area (Å²) in [5, 5.41) is 11.9. The molecule has 0 bridgehead atoms. The summed E-state index contributed by atoms with van der Waals surface area (Å²) in [5.41, 5.74) is 8.20. The van der Waals surface area contributed by atoms with Crippen LogP contribution in [0.2, 0.25) is 0 Å². The average Bonchev–Trinajstić information content (AvgIpc) is 3.01. The number of rotatable bonds is 14. The van der Waals surface area contributed by atoms with Gasteiger partial charge in [-0.25, -0.2) is 13.2 Å². The van der Waals surface area contributed by atoms with Crippen molar-refractivity contribution < 1.29 is 23.1 Å². The lowest BCUT2D eigenvalue weighted by atomic mass is 9.94. The minimum Gasteiger partial charge on any atom is -0.498 e. The van der Waals surface area contributed by atoms with Crippen LogP contribution in [0.4, 0.5) is 5.69 Å². The normalized spacial score (nSPS) is 15.5. The fraction of sp³-hybridized carbons (Fsp3) is 0.382. The molecule has 1 heterocycles. The van der Waals surface area contributed by atoms with Crippen molar-refractivity contribution in [3.63, 3.8) is 0 Å². The van der Waals surface area contributed by atoms with E-state index in [-0.39, 0.29) is 16.2 Å². The standard InChI is InChI=1S/C34H44N4O5S/c1-25-10-14-30(31-9-5-4-8-29(25)31)28-13-15-32(34(39)40)33(24-28)36-44(41,42)27(3)12-11-26(2)43-23-7-18-38-21-19-37(20-22-38)17-6-16-35/h4-5,8-15,24,36H,6-7,16-23,35H2,1-3H3,(H,39,40)/b26-11+,27-12+. The molecule has 0 spiro atoms. The third kappa shape index (κ3) is 8.69. The van der Waals surface area contributed by atoms with E-state index in [2.05, 4.69) is 14.5 Å². The van der Waals surface area contributed by atoms with Gasteiger partial charge in [0, 0.05) is 32.7 Å². The molecule has 1 fully saturated rings. The highest BCUT2D eigenvalue weighted by Crippen LogP contribution is 2.33.